The molecule has 1 amide bonds. The molecule has 1 aliphatic heterocycles. The molecule has 1 atom stereocenters. The third-order valence-corrected chi connectivity index (χ3v) is 2.90. The summed E-state index contributed by atoms with van der Waals surface area (Å²) in [6, 6.07) is 14.0. The van der Waals surface area contributed by atoms with E-state index in [1.54, 1.807) is 0 Å². The van der Waals surface area contributed by atoms with Crippen molar-refractivity contribution in [3.8, 4) is 5.75 Å². The number of hydrogen-bond acceptors (Lipinski definition) is 3. The number of fused-ring (bicyclic) bond motifs is 1. The Balaban J connectivity index is 1.69. The van der Waals surface area contributed by atoms with Gasteiger partial charge in [0.25, 0.3) is 0 Å². The summed E-state index contributed by atoms with van der Waals surface area (Å²) in [7, 11) is 0. The van der Waals surface area contributed by atoms with E-state index in [0.717, 1.165) is 11.1 Å². The van der Waals surface area contributed by atoms with Crippen LogP contribution in [0.3, 0.4) is 0 Å². The lowest BCUT2D eigenvalue weighted by Gasteiger charge is -2.10. The summed E-state index contributed by atoms with van der Waals surface area (Å²) in [5, 5.41) is 4.91. The van der Waals surface area contributed by atoms with Crippen LogP contribution < -0.4 is 10.1 Å². The first-order chi connectivity index (χ1) is 8.81. The van der Waals surface area contributed by atoms with Crippen molar-refractivity contribution in [3.63, 3.8) is 0 Å². The third-order valence-electron chi connectivity index (χ3n) is 2.90. The number of ether oxygens (including phenoxy) is 2. The zero-order valence-corrected chi connectivity index (χ0v) is 9.76. The Morgan fingerprint density at radius 3 is 2.83 bits per heavy atom. The summed E-state index contributed by atoms with van der Waals surface area (Å²) >= 11 is 0. The highest BCUT2D eigenvalue weighted by Gasteiger charge is 2.22. The van der Waals surface area contributed by atoms with E-state index in [9.17, 15) is 4.79 Å². The van der Waals surface area contributed by atoms with E-state index < -0.39 is 0 Å². The van der Waals surface area contributed by atoms with Gasteiger partial charge in [0.2, 0.25) is 0 Å². The molecule has 0 aromatic heterocycles. The van der Waals surface area contributed by atoms with Crippen LogP contribution in [0, 0.1) is 0 Å². The summed E-state index contributed by atoms with van der Waals surface area (Å²) in [4.78, 5) is 10.9. The molecule has 18 heavy (non-hydrogen) atoms. The van der Waals surface area contributed by atoms with Crippen molar-refractivity contribution in [1.82, 2.24) is 5.32 Å². The van der Waals surface area contributed by atoms with Gasteiger partial charge in [-0.15, -0.1) is 0 Å². The lowest BCUT2D eigenvalue weighted by atomic mass is 10.1. The van der Waals surface area contributed by atoms with E-state index in [-0.39, 0.29) is 12.2 Å². The van der Waals surface area contributed by atoms with Crippen LogP contribution in [0.4, 0.5) is 4.79 Å². The lowest BCUT2D eigenvalue weighted by Crippen LogP contribution is -2.21. The number of amides is 1. The van der Waals surface area contributed by atoms with Gasteiger partial charge in [-0.25, -0.2) is 4.79 Å². The van der Waals surface area contributed by atoms with Crippen LogP contribution in [0.15, 0.2) is 42.5 Å². The van der Waals surface area contributed by atoms with E-state index in [4.69, 9.17) is 9.47 Å². The Bertz CT molecular complexity index is 582. The first-order valence-corrected chi connectivity index (χ1v) is 5.87. The molecule has 0 radical (unpaired) electrons. The SMILES string of the molecule is O=C1NC[C@@H](COc2ccc3ccccc3c2)O1. The molecule has 4 nitrogen and oxygen atoms in total. The van der Waals surface area contributed by atoms with Crippen LogP contribution in [0.5, 0.6) is 5.75 Å². The monoisotopic (exact) mass is 243 g/mol. The Hall–Kier alpha value is -2.23. The van der Waals surface area contributed by atoms with Gasteiger partial charge in [-0.05, 0) is 22.9 Å². The number of cyclic esters (lactones) is 1. The van der Waals surface area contributed by atoms with Gasteiger partial charge in [-0.1, -0.05) is 30.3 Å². The van der Waals surface area contributed by atoms with Crippen molar-refractivity contribution in [2.75, 3.05) is 13.2 Å². The van der Waals surface area contributed by atoms with Crippen LogP contribution in [-0.4, -0.2) is 25.3 Å². The number of carbonyl (C=O) groups excluding carboxylic acids is 1. The summed E-state index contributed by atoms with van der Waals surface area (Å²) in [6.45, 7) is 0.878. The third kappa shape index (κ3) is 2.22. The molecule has 92 valence electrons. The molecule has 3 rings (SSSR count). The van der Waals surface area contributed by atoms with Gasteiger partial charge in [0, 0.05) is 0 Å². The van der Waals surface area contributed by atoms with Crippen molar-refractivity contribution >= 4 is 16.9 Å². The van der Waals surface area contributed by atoms with Crippen molar-refractivity contribution in [3.05, 3.63) is 42.5 Å². The number of hydrogen-bond donors (Lipinski definition) is 1. The van der Waals surface area contributed by atoms with Crippen LogP contribution in [0.25, 0.3) is 10.8 Å². The normalized spacial score (nSPS) is 18.4. The number of carbonyl (C=O) groups is 1. The number of benzene rings is 2. The van der Waals surface area contributed by atoms with Gasteiger partial charge in [0.05, 0.1) is 6.54 Å². The largest absolute Gasteiger partial charge is 0.490 e. The fourth-order valence-corrected chi connectivity index (χ4v) is 1.97. The van der Waals surface area contributed by atoms with E-state index in [0.29, 0.717) is 13.2 Å². The zero-order chi connectivity index (χ0) is 12.4. The van der Waals surface area contributed by atoms with E-state index in [1.165, 1.54) is 5.39 Å². The maximum atomic E-state index is 10.9. The molecule has 1 heterocycles. The molecule has 0 saturated carbocycles. The summed E-state index contributed by atoms with van der Waals surface area (Å²) in [6.07, 6.45) is -0.578. The van der Waals surface area contributed by atoms with Gasteiger partial charge in [0.1, 0.15) is 12.4 Å². The quantitative estimate of drug-likeness (QED) is 0.900. The van der Waals surface area contributed by atoms with Gasteiger partial charge in [-0.3, -0.25) is 0 Å². The minimum absolute atomic E-state index is 0.205. The van der Waals surface area contributed by atoms with Gasteiger partial charge in [0.15, 0.2) is 6.10 Å². The Kier molecular flexibility index (Phi) is 2.76. The molecular weight excluding hydrogens is 230 g/mol. The molecule has 0 aliphatic carbocycles. The van der Waals surface area contributed by atoms with Crippen molar-refractivity contribution in [2.24, 2.45) is 0 Å². The standard InChI is InChI=1S/C14H13NO3/c16-14-15-8-13(18-14)9-17-12-6-5-10-3-1-2-4-11(10)7-12/h1-7,13H,8-9H2,(H,15,16)/t13-/m0/s1. The minimum atomic E-state index is -0.373. The second-order valence-corrected chi connectivity index (χ2v) is 4.23. The molecule has 0 unspecified atom stereocenters. The number of alkyl carbamates (subject to hydrolysis) is 1. The fourth-order valence-electron chi connectivity index (χ4n) is 1.97. The van der Waals surface area contributed by atoms with Crippen molar-refractivity contribution in [1.29, 1.82) is 0 Å². The summed E-state index contributed by atoms with van der Waals surface area (Å²) in [5.74, 6) is 0.789. The zero-order valence-electron chi connectivity index (χ0n) is 9.76. The van der Waals surface area contributed by atoms with E-state index in [2.05, 4.69) is 11.4 Å². The number of rotatable bonds is 3. The molecular formula is C14H13NO3. The van der Waals surface area contributed by atoms with Crippen LogP contribution in [-0.2, 0) is 4.74 Å². The second kappa shape index (κ2) is 4.56. The molecule has 1 aliphatic rings. The predicted molar refractivity (Wildman–Crippen MR) is 67.7 cm³/mol. The molecule has 0 spiro atoms. The summed E-state index contributed by atoms with van der Waals surface area (Å²) < 4.78 is 10.6. The highest BCUT2D eigenvalue weighted by molar-refractivity contribution is 5.83. The van der Waals surface area contributed by atoms with Gasteiger partial charge >= 0.3 is 6.09 Å². The predicted octanol–water partition coefficient (Wildman–Crippen LogP) is 2.33. The first-order valence-electron chi connectivity index (χ1n) is 5.87. The molecule has 2 aromatic rings. The molecule has 1 saturated heterocycles. The molecule has 4 heteroatoms. The Morgan fingerprint density at radius 2 is 2.06 bits per heavy atom. The highest BCUT2D eigenvalue weighted by Crippen LogP contribution is 2.20. The second-order valence-electron chi connectivity index (χ2n) is 4.23. The lowest BCUT2D eigenvalue weighted by molar-refractivity contribution is 0.105. The average Bonchev–Trinajstić information content (AvgIpc) is 2.82. The van der Waals surface area contributed by atoms with Crippen LogP contribution >= 0.6 is 0 Å². The summed E-state index contributed by atoms with van der Waals surface area (Å²) in [5.41, 5.74) is 0. The topological polar surface area (TPSA) is 47.6 Å². The maximum absolute atomic E-state index is 10.9. The molecule has 1 fully saturated rings. The van der Waals surface area contributed by atoms with Crippen molar-refractivity contribution in [2.45, 2.75) is 6.10 Å². The Morgan fingerprint density at radius 1 is 1.22 bits per heavy atom. The number of nitrogens with one attached hydrogen (secondary N) is 1. The Labute approximate surface area is 105 Å². The van der Waals surface area contributed by atoms with Crippen molar-refractivity contribution < 1.29 is 14.3 Å². The highest BCUT2D eigenvalue weighted by atomic mass is 16.6. The fraction of sp³-hybridized carbons (Fsp3) is 0.214. The van der Waals surface area contributed by atoms with Gasteiger partial charge in [-0.2, -0.15) is 0 Å². The average molecular weight is 243 g/mol. The van der Waals surface area contributed by atoms with Crippen LogP contribution in [0.2, 0.25) is 0 Å². The van der Waals surface area contributed by atoms with Crippen LogP contribution in [0.1, 0.15) is 0 Å². The first kappa shape index (κ1) is 10.9. The van der Waals surface area contributed by atoms with E-state index in [1.807, 2.05) is 36.4 Å². The molecule has 0 bridgehead atoms. The molecule has 2 aromatic carbocycles. The van der Waals surface area contributed by atoms with Gasteiger partial charge < -0.3 is 14.8 Å². The maximum Gasteiger partial charge on any atom is 0.407 e. The minimum Gasteiger partial charge on any atom is -0.490 e. The smallest absolute Gasteiger partial charge is 0.407 e. The molecule has 1 N–H and O–H groups in total. The van der Waals surface area contributed by atoms with E-state index >= 15 is 0 Å².